The monoisotopic (exact) mass is 278 g/mol. The average Bonchev–Trinajstić information content (AvgIpc) is 2.86. The summed E-state index contributed by atoms with van der Waals surface area (Å²) < 4.78 is 15.1. The van der Waals surface area contributed by atoms with E-state index in [0.29, 0.717) is 10.6 Å². The van der Waals surface area contributed by atoms with Crippen LogP contribution in [0.15, 0.2) is 41.4 Å². The number of carbonyl (C=O) groups is 1. The smallest absolute Gasteiger partial charge is 0.191 e. The molecule has 1 aromatic carbocycles. The molecule has 0 radical (unpaired) electrons. The first-order valence-electron chi connectivity index (χ1n) is 6.14. The van der Waals surface area contributed by atoms with Gasteiger partial charge in [-0.1, -0.05) is 19.1 Å². The van der Waals surface area contributed by atoms with Gasteiger partial charge in [0.15, 0.2) is 5.78 Å². The normalized spacial score (nSPS) is 10.6. The first kappa shape index (κ1) is 13.8. The number of aryl methyl sites for hydroxylation is 1. The highest BCUT2D eigenvalue weighted by atomic mass is 32.2. The van der Waals surface area contributed by atoms with Crippen LogP contribution in [0, 0.1) is 5.82 Å². The van der Waals surface area contributed by atoms with Crippen LogP contribution < -0.4 is 0 Å². The molecule has 0 N–H and O–H groups in total. The molecule has 0 aliphatic carbocycles. The van der Waals surface area contributed by atoms with E-state index in [-0.39, 0.29) is 17.4 Å². The lowest BCUT2D eigenvalue weighted by molar-refractivity contribution is 0.101. The fourth-order valence-electron chi connectivity index (χ4n) is 1.74. The summed E-state index contributed by atoms with van der Waals surface area (Å²) in [7, 11) is 0. The molecule has 0 fully saturated rings. The van der Waals surface area contributed by atoms with Crippen molar-refractivity contribution in [1.29, 1.82) is 0 Å². The maximum atomic E-state index is 13.4. The van der Waals surface area contributed by atoms with Gasteiger partial charge in [0.1, 0.15) is 11.5 Å². The molecule has 0 amide bonds. The first-order valence-corrected chi connectivity index (χ1v) is 7.13. The molecule has 19 heavy (non-hydrogen) atoms. The molecule has 0 aliphatic rings. The molecule has 2 aromatic rings. The van der Waals surface area contributed by atoms with Crippen molar-refractivity contribution in [2.45, 2.75) is 24.8 Å². The molecule has 0 bridgehead atoms. The number of halogens is 1. The van der Waals surface area contributed by atoms with Crippen LogP contribution in [0.5, 0.6) is 0 Å². The first-order chi connectivity index (χ1) is 9.22. The summed E-state index contributed by atoms with van der Waals surface area (Å²) >= 11 is 1.21. The van der Waals surface area contributed by atoms with Crippen LogP contribution in [-0.2, 0) is 6.54 Å². The van der Waals surface area contributed by atoms with E-state index in [1.54, 1.807) is 35.1 Å². The van der Waals surface area contributed by atoms with Crippen LogP contribution in [0.4, 0.5) is 4.39 Å². The number of aromatic nitrogens is 2. The molecule has 3 nitrogen and oxygen atoms in total. The van der Waals surface area contributed by atoms with Crippen molar-refractivity contribution in [3.05, 3.63) is 48.0 Å². The van der Waals surface area contributed by atoms with Gasteiger partial charge in [0.25, 0.3) is 0 Å². The Balaban J connectivity index is 2.02. The van der Waals surface area contributed by atoms with Crippen LogP contribution in [0.2, 0.25) is 0 Å². The molecule has 0 aliphatic heterocycles. The predicted octanol–water partition coefficient (Wildman–Crippen LogP) is 3.41. The highest BCUT2D eigenvalue weighted by Crippen LogP contribution is 2.22. The van der Waals surface area contributed by atoms with Crippen molar-refractivity contribution in [2.24, 2.45) is 0 Å². The molecule has 0 spiro atoms. The summed E-state index contributed by atoms with van der Waals surface area (Å²) in [6.45, 7) is 2.75. The van der Waals surface area contributed by atoms with E-state index >= 15 is 0 Å². The average molecular weight is 278 g/mol. The van der Waals surface area contributed by atoms with Crippen LogP contribution >= 0.6 is 11.8 Å². The summed E-state index contributed by atoms with van der Waals surface area (Å²) in [6, 6.07) is 8.18. The SMILES string of the molecule is CCCn1nccc1C(=O)CSc1ccccc1F. The molecule has 0 saturated carbocycles. The largest absolute Gasteiger partial charge is 0.292 e. The number of hydrogen-bond acceptors (Lipinski definition) is 3. The van der Waals surface area contributed by atoms with E-state index in [1.807, 2.05) is 6.92 Å². The lowest BCUT2D eigenvalue weighted by Gasteiger charge is -2.05. The van der Waals surface area contributed by atoms with E-state index in [9.17, 15) is 9.18 Å². The lowest BCUT2D eigenvalue weighted by atomic mass is 10.3. The Hall–Kier alpha value is -1.62. The molecule has 1 aromatic heterocycles. The second kappa shape index (κ2) is 6.52. The van der Waals surface area contributed by atoms with Crippen molar-refractivity contribution in [1.82, 2.24) is 9.78 Å². The van der Waals surface area contributed by atoms with E-state index in [0.717, 1.165) is 13.0 Å². The van der Waals surface area contributed by atoms with Gasteiger partial charge in [-0.3, -0.25) is 9.48 Å². The van der Waals surface area contributed by atoms with E-state index in [1.165, 1.54) is 17.8 Å². The lowest BCUT2D eigenvalue weighted by Crippen LogP contribution is -2.12. The fraction of sp³-hybridized carbons (Fsp3) is 0.286. The Bertz CT molecular complexity index is 568. The van der Waals surface area contributed by atoms with Gasteiger partial charge in [-0.2, -0.15) is 5.10 Å². The van der Waals surface area contributed by atoms with Gasteiger partial charge in [-0.05, 0) is 24.6 Å². The minimum atomic E-state index is -0.289. The summed E-state index contributed by atoms with van der Waals surface area (Å²) in [4.78, 5) is 12.6. The molecule has 2 rings (SSSR count). The minimum absolute atomic E-state index is 0.0285. The number of rotatable bonds is 6. The number of carbonyl (C=O) groups excluding carboxylic acids is 1. The molecule has 0 unspecified atom stereocenters. The van der Waals surface area contributed by atoms with E-state index < -0.39 is 0 Å². The quantitative estimate of drug-likeness (QED) is 0.600. The summed E-state index contributed by atoms with van der Waals surface area (Å²) in [5.74, 6) is -0.0994. The van der Waals surface area contributed by atoms with Crippen LogP contribution in [0.1, 0.15) is 23.8 Å². The van der Waals surface area contributed by atoms with Crippen molar-refractivity contribution < 1.29 is 9.18 Å². The summed E-state index contributed by atoms with van der Waals surface area (Å²) in [5.41, 5.74) is 0.589. The second-order valence-corrected chi connectivity index (χ2v) is 5.10. The maximum absolute atomic E-state index is 13.4. The van der Waals surface area contributed by atoms with E-state index in [4.69, 9.17) is 0 Å². The molecular weight excluding hydrogens is 263 g/mol. The Kier molecular flexibility index (Phi) is 4.74. The van der Waals surface area contributed by atoms with Gasteiger partial charge in [-0.15, -0.1) is 11.8 Å². The Morgan fingerprint density at radius 2 is 2.16 bits per heavy atom. The standard InChI is InChI=1S/C14H15FN2OS/c1-2-9-17-12(7-8-16-17)13(18)10-19-14-6-4-3-5-11(14)15/h3-8H,2,9-10H2,1H3. The van der Waals surface area contributed by atoms with Gasteiger partial charge >= 0.3 is 0 Å². The maximum Gasteiger partial charge on any atom is 0.191 e. The number of ketones is 1. The number of hydrogen-bond donors (Lipinski definition) is 0. The molecule has 100 valence electrons. The van der Waals surface area contributed by atoms with E-state index in [2.05, 4.69) is 5.10 Å². The molecule has 0 saturated heterocycles. The highest BCUT2D eigenvalue weighted by Gasteiger charge is 2.13. The third kappa shape index (κ3) is 3.44. The third-order valence-corrected chi connectivity index (χ3v) is 3.68. The zero-order valence-electron chi connectivity index (χ0n) is 10.7. The van der Waals surface area contributed by atoms with Gasteiger partial charge in [-0.25, -0.2) is 4.39 Å². The predicted molar refractivity (Wildman–Crippen MR) is 74.0 cm³/mol. The summed E-state index contributed by atoms with van der Waals surface area (Å²) in [6.07, 6.45) is 2.54. The van der Waals surface area contributed by atoms with Gasteiger partial charge < -0.3 is 0 Å². The highest BCUT2D eigenvalue weighted by molar-refractivity contribution is 8.00. The van der Waals surface area contributed by atoms with Crippen LogP contribution in [-0.4, -0.2) is 21.3 Å². The number of nitrogens with zero attached hydrogens (tertiary/aromatic N) is 2. The van der Waals surface area contributed by atoms with Gasteiger partial charge in [0, 0.05) is 17.6 Å². The second-order valence-electron chi connectivity index (χ2n) is 4.08. The zero-order valence-corrected chi connectivity index (χ0v) is 11.5. The van der Waals surface area contributed by atoms with Gasteiger partial charge in [0.05, 0.1) is 5.75 Å². The number of thioether (sulfide) groups is 1. The molecular formula is C14H15FN2OS. The fourth-order valence-corrected chi connectivity index (χ4v) is 2.55. The third-order valence-electron chi connectivity index (χ3n) is 2.63. The number of Topliss-reactive ketones (excluding diaryl/α,β-unsaturated/α-hetero) is 1. The molecule has 1 heterocycles. The van der Waals surface area contributed by atoms with Gasteiger partial charge in [0.2, 0.25) is 0 Å². The van der Waals surface area contributed by atoms with Crippen LogP contribution in [0.25, 0.3) is 0 Å². The summed E-state index contributed by atoms with van der Waals surface area (Å²) in [5, 5.41) is 4.11. The van der Waals surface area contributed by atoms with Crippen molar-refractivity contribution in [2.75, 3.05) is 5.75 Å². The molecule has 0 atom stereocenters. The topological polar surface area (TPSA) is 34.9 Å². The Morgan fingerprint density at radius 1 is 1.37 bits per heavy atom. The van der Waals surface area contributed by atoms with Crippen molar-refractivity contribution >= 4 is 17.5 Å². The van der Waals surface area contributed by atoms with Crippen molar-refractivity contribution in [3.63, 3.8) is 0 Å². The Labute approximate surface area is 115 Å². The zero-order chi connectivity index (χ0) is 13.7. The minimum Gasteiger partial charge on any atom is -0.292 e. The number of benzene rings is 1. The molecule has 5 heteroatoms. The van der Waals surface area contributed by atoms with Crippen LogP contribution in [0.3, 0.4) is 0 Å². The Morgan fingerprint density at radius 3 is 2.89 bits per heavy atom. The van der Waals surface area contributed by atoms with Crippen molar-refractivity contribution in [3.8, 4) is 0 Å².